The van der Waals surface area contributed by atoms with Crippen molar-refractivity contribution in [1.29, 1.82) is 0 Å². The van der Waals surface area contributed by atoms with Crippen molar-refractivity contribution in [3.05, 3.63) is 82.9 Å². The minimum atomic E-state index is -0.276. The molecule has 3 aromatic rings. The smallest absolute Gasteiger partial charge is 0.255 e. The maximum Gasteiger partial charge on any atom is 0.255 e. The maximum absolute atomic E-state index is 12.7. The molecule has 0 atom stereocenters. The molecule has 4 rings (SSSR count). The molecule has 1 aliphatic rings. The highest BCUT2D eigenvalue weighted by atomic mass is 35.5. The normalized spacial score (nSPS) is 12.7. The molecular weight excluding hydrogens is 428 g/mol. The molecule has 0 saturated heterocycles. The third kappa shape index (κ3) is 5.59. The molecule has 32 heavy (non-hydrogen) atoms. The van der Waals surface area contributed by atoms with Crippen LogP contribution < -0.4 is 20.1 Å². The quantitative estimate of drug-likeness (QED) is 0.473. The van der Waals surface area contributed by atoms with Crippen molar-refractivity contribution in [2.75, 3.05) is 17.7 Å². The van der Waals surface area contributed by atoms with Gasteiger partial charge in [0.1, 0.15) is 6.61 Å². The van der Waals surface area contributed by atoms with E-state index in [2.05, 4.69) is 10.6 Å². The van der Waals surface area contributed by atoms with E-state index in [0.717, 1.165) is 18.4 Å². The van der Waals surface area contributed by atoms with E-state index in [-0.39, 0.29) is 17.7 Å². The summed E-state index contributed by atoms with van der Waals surface area (Å²) >= 11 is 5.91. The largest absolute Gasteiger partial charge is 0.493 e. The van der Waals surface area contributed by atoms with Crippen LogP contribution in [-0.2, 0) is 11.4 Å². The number of amides is 2. The van der Waals surface area contributed by atoms with E-state index < -0.39 is 0 Å². The highest BCUT2D eigenvalue weighted by Gasteiger charge is 2.29. The Hall–Kier alpha value is -3.51. The molecule has 1 fully saturated rings. The predicted octanol–water partition coefficient (Wildman–Crippen LogP) is 5.53. The van der Waals surface area contributed by atoms with Gasteiger partial charge < -0.3 is 20.1 Å². The van der Waals surface area contributed by atoms with E-state index in [1.54, 1.807) is 54.6 Å². The molecule has 3 aromatic carbocycles. The van der Waals surface area contributed by atoms with Gasteiger partial charge in [0.15, 0.2) is 11.5 Å². The number of carbonyl (C=O) groups is 2. The summed E-state index contributed by atoms with van der Waals surface area (Å²) in [6.45, 7) is 0.350. The van der Waals surface area contributed by atoms with Crippen LogP contribution in [0, 0.1) is 5.92 Å². The summed E-state index contributed by atoms with van der Waals surface area (Å²) < 4.78 is 11.2. The molecule has 0 bridgehead atoms. The summed E-state index contributed by atoms with van der Waals surface area (Å²) in [6.07, 6.45) is 1.91. The molecule has 0 heterocycles. The van der Waals surface area contributed by atoms with E-state index in [1.807, 2.05) is 12.1 Å². The molecule has 6 nitrogen and oxygen atoms in total. The summed E-state index contributed by atoms with van der Waals surface area (Å²) in [5.41, 5.74) is 2.74. The zero-order valence-electron chi connectivity index (χ0n) is 17.6. The Labute approximate surface area is 191 Å². The van der Waals surface area contributed by atoms with Crippen molar-refractivity contribution in [2.45, 2.75) is 19.4 Å². The number of benzene rings is 3. The first-order valence-electron chi connectivity index (χ1n) is 10.3. The Balaban J connectivity index is 1.37. The Morgan fingerprint density at radius 1 is 0.906 bits per heavy atom. The highest BCUT2D eigenvalue weighted by molar-refractivity contribution is 6.30. The molecule has 2 N–H and O–H groups in total. The van der Waals surface area contributed by atoms with Crippen molar-refractivity contribution in [3.8, 4) is 11.5 Å². The van der Waals surface area contributed by atoms with E-state index in [9.17, 15) is 9.59 Å². The lowest BCUT2D eigenvalue weighted by atomic mass is 10.1. The topological polar surface area (TPSA) is 76.7 Å². The lowest BCUT2D eigenvalue weighted by Gasteiger charge is -2.13. The molecule has 0 radical (unpaired) electrons. The van der Waals surface area contributed by atoms with Crippen molar-refractivity contribution in [3.63, 3.8) is 0 Å². The number of anilines is 2. The number of ether oxygens (including phenoxy) is 2. The fourth-order valence-electron chi connectivity index (χ4n) is 3.10. The standard InChI is InChI=1S/C25H23ClN2O4/c1-31-23-14-18(6-13-22(23)32-15-16-2-7-19(26)8-3-16)25(30)28-21-11-9-20(10-12-21)27-24(29)17-4-5-17/h2-3,6-14,17H,4-5,15H2,1H3,(H,27,29)(H,28,30). The second-order valence-electron chi connectivity index (χ2n) is 7.58. The van der Waals surface area contributed by atoms with Crippen LogP contribution in [0.15, 0.2) is 66.7 Å². The van der Waals surface area contributed by atoms with Gasteiger partial charge in [0, 0.05) is 27.9 Å². The molecule has 0 aliphatic heterocycles. The number of nitrogens with one attached hydrogen (secondary N) is 2. The molecule has 1 aliphatic carbocycles. The molecule has 7 heteroatoms. The second-order valence-corrected chi connectivity index (χ2v) is 8.01. The number of rotatable bonds is 8. The zero-order chi connectivity index (χ0) is 22.5. The van der Waals surface area contributed by atoms with Crippen LogP contribution in [0.1, 0.15) is 28.8 Å². The van der Waals surface area contributed by atoms with Gasteiger partial charge in [0.25, 0.3) is 5.91 Å². The van der Waals surface area contributed by atoms with Gasteiger partial charge >= 0.3 is 0 Å². The van der Waals surface area contributed by atoms with E-state index in [1.165, 1.54) is 7.11 Å². The van der Waals surface area contributed by atoms with Crippen LogP contribution in [0.3, 0.4) is 0 Å². The van der Waals surface area contributed by atoms with Gasteiger partial charge in [-0.15, -0.1) is 0 Å². The maximum atomic E-state index is 12.7. The number of halogens is 1. The van der Waals surface area contributed by atoms with Crippen molar-refractivity contribution in [1.82, 2.24) is 0 Å². The van der Waals surface area contributed by atoms with Crippen LogP contribution in [0.2, 0.25) is 5.02 Å². The average molecular weight is 451 g/mol. The number of hydrogen-bond donors (Lipinski definition) is 2. The molecular formula is C25H23ClN2O4. The van der Waals surface area contributed by atoms with Crippen LogP contribution in [0.25, 0.3) is 0 Å². The Morgan fingerprint density at radius 3 is 2.19 bits per heavy atom. The van der Waals surface area contributed by atoms with Crippen molar-refractivity contribution in [2.24, 2.45) is 5.92 Å². The first-order chi connectivity index (χ1) is 15.5. The summed E-state index contributed by atoms with van der Waals surface area (Å²) in [5, 5.41) is 6.39. The molecule has 1 saturated carbocycles. The monoisotopic (exact) mass is 450 g/mol. The van der Waals surface area contributed by atoms with Crippen LogP contribution in [0.5, 0.6) is 11.5 Å². The van der Waals surface area contributed by atoms with Gasteiger partial charge in [-0.2, -0.15) is 0 Å². The molecule has 0 aromatic heterocycles. The minimum absolute atomic E-state index is 0.0484. The second kappa shape index (κ2) is 9.75. The van der Waals surface area contributed by atoms with Crippen molar-refractivity contribution < 1.29 is 19.1 Å². The minimum Gasteiger partial charge on any atom is -0.493 e. The third-order valence-electron chi connectivity index (χ3n) is 5.09. The SMILES string of the molecule is COc1cc(C(=O)Nc2ccc(NC(=O)C3CC3)cc2)ccc1OCc1ccc(Cl)cc1. The van der Waals surface area contributed by atoms with Gasteiger partial charge in [-0.05, 0) is 73.0 Å². The summed E-state index contributed by atoms with van der Waals surface area (Å²) in [6, 6.07) is 19.4. The third-order valence-corrected chi connectivity index (χ3v) is 5.34. The Bertz CT molecular complexity index is 1110. The van der Waals surface area contributed by atoms with E-state index >= 15 is 0 Å². The average Bonchev–Trinajstić information content (AvgIpc) is 3.65. The summed E-state index contributed by atoms with van der Waals surface area (Å²) in [7, 11) is 1.53. The number of methoxy groups -OCH3 is 1. The van der Waals surface area contributed by atoms with Gasteiger partial charge in [0.05, 0.1) is 7.11 Å². The Kier molecular flexibility index (Phi) is 6.61. The van der Waals surface area contributed by atoms with Gasteiger partial charge in [-0.3, -0.25) is 9.59 Å². The lowest BCUT2D eigenvalue weighted by Crippen LogP contribution is -2.14. The predicted molar refractivity (Wildman–Crippen MR) is 125 cm³/mol. The van der Waals surface area contributed by atoms with E-state index in [4.69, 9.17) is 21.1 Å². The molecule has 0 unspecified atom stereocenters. The lowest BCUT2D eigenvalue weighted by molar-refractivity contribution is -0.117. The summed E-state index contributed by atoms with van der Waals surface area (Å²) in [5.74, 6) is 0.913. The van der Waals surface area contributed by atoms with Gasteiger partial charge in [0.2, 0.25) is 5.91 Å². The highest BCUT2D eigenvalue weighted by Crippen LogP contribution is 2.31. The first kappa shape index (κ1) is 21.7. The molecule has 0 spiro atoms. The zero-order valence-corrected chi connectivity index (χ0v) is 18.3. The molecule has 164 valence electrons. The van der Waals surface area contributed by atoms with Crippen LogP contribution in [0.4, 0.5) is 11.4 Å². The van der Waals surface area contributed by atoms with E-state index in [0.29, 0.717) is 40.1 Å². The van der Waals surface area contributed by atoms with Gasteiger partial charge in [-0.1, -0.05) is 23.7 Å². The van der Waals surface area contributed by atoms with Crippen molar-refractivity contribution >= 4 is 34.8 Å². The number of hydrogen-bond acceptors (Lipinski definition) is 4. The number of carbonyl (C=O) groups excluding carboxylic acids is 2. The van der Waals surface area contributed by atoms with Crippen LogP contribution >= 0.6 is 11.6 Å². The first-order valence-corrected chi connectivity index (χ1v) is 10.7. The Morgan fingerprint density at radius 2 is 1.56 bits per heavy atom. The fourth-order valence-corrected chi connectivity index (χ4v) is 3.23. The fraction of sp³-hybridized carbons (Fsp3) is 0.200. The van der Waals surface area contributed by atoms with Crippen LogP contribution in [-0.4, -0.2) is 18.9 Å². The summed E-state index contributed by atoms with van der Waals surface area (Å²) in [4.78, 5) is 24.5. The van der Waals surface area contributed by atoms with Gasteiger partial charge in [-0.25, -0.2) is 0 Å². The molecule has 2 amide bonds.